The van der Waals surface area contributed by atoms with Crippen molar-refractivity contribution in [2.24, 2.45) is 11.8 Å². The Hall–Kier alpha value is -2.56. The molecule has 2 rings (SSSR count). The maximum absolute atomic E-state index is 11.1. The lowest BCUT2D eigenvalue weighted by atomic mass is 9.95. The summed E-state index contributed by atoms with van der Waals surface area (Å²) in [7, 11) is 0. The Morgan fingerprint density at radius 1 is 1.29 bits per heavy atom. The van der Waals surface area contributed by atoms with Gasteiger partial charge in [0.2, 0.25) is 0 Å². The van der Waals surface area contributed by atoms with Crippen LogP contribution in [0, 0.1) is 11.8 Å². The molecule has 1 aromatic heterocycles. The van der Waals surface area contributed by atoms with Crippen LogP contribution >= 0.6 is 0 Å². The Morgan fingerprint density at radius 2 is 2.04 bits per heavy atom. The molecule has 0 spiro atoms. The molecule has 0 saturated carbocycles. The summed E-state index contributed by atoms with van der Waals surface area (Å²) in [5.41, 5.74) is 2.51. The van der Waals surface area contributed by atoms with Crippen LogP contribution in [0.3, 0.4) is 0 Å². The molecular weight excluding hydrogens is 352 g/mol. The molecule has 0 atom stereocenters. The highest BCUT2D eigenvalue weighted by atomic mass is 16.5. The smallest absolute Gasteiger partial charge is 0.337 e. The Balaban J connectivity index is 2.44. The van der Waals surface area contributed by atoms with Crippen molar-refractivity contribution >= 4 is 11.8 Å². The summed E-state index contributed by atoms with van der Waals surface area (Å²) in [4.78, 5) is 17.5. The average molecular weight is 385 g/mol. The van der Waals surface area contributed by atoms with E-state index in [1.807, 2.05) is 0 Å². The van der Waals surface area contributed by atoms with Gasteiger partial charge in [-0.25, -0.2) is 9.78 Å². The molecule has 1 aromatic rings. The minimum atomic E-state index is -0.971. The van der Waals surface area contributed by atoms with Crippen LogP contribution in [0.4, 0.5) is 5.82 Å². The van der Waals surface area contributed by atoms with E-state index in [1.165, 1.54) is 11.8 Å². The first-order valence-electron chi connectivity index (χ1n) is 10.0. The lowest BCUT2D eigenvalue weighted by Gasteiger charge is -2.26. The number of hydrogen-bond acceptors (Lipinski definition) is 4. The Kier molecular flexibility index (Phi) is 7.85. The topological polar surface area (TPSA) is 62.7 Å². The lowest BCUT2D eigenvalue weighted by Crippen LogP contribution is -2.23. The number of ether oxygens (including phenoxy) is 1. The molecule has 0 aromatic carbocycles. The minimum Gasteiger partial charge on any atom is -0.493 e. The van der Waals surface area contributed by atoms with Gasteiger partial charge in [-0.15, -0.1) is 0 Å². The van der Waals surface area contributed by atoms with Crippen molar-refractivity contribution in [3.8, 4) is 0 Å². The highest BCUT2D eigenvalue weighted by Gasteiger charge is 2.17. The molecule has 28 heavy (non-hydrogen) atoms. The van der Waals surface area contributed by atoms with Gasteiger partial charge in [0, 0.05) is 24.5 Å². The van der Waals surface area contributed by atoms with E-state index in [1.54, 1.807) is 12.1 Å². The van der Waals surface area contributed by atoms with E-state index in [-0.39, 0.29) is 5.56 Å². The third-order valence-electron chi connectivity index (χ3n) is 4.63. The van der Waals surface area contributed by atoms with Crippen LogP contribution in [0.1, 0.15) is 57.8 Å². The summed E-state index contributed by atoms with van der Waals surface area (Å²) >= 11 is 0. The minimum absolute atomic E-state index is 0.185. The van der Waals surface area contributed by atoms with Crippen LogP contribution in [-0.2, 0) is 4.74 Å². The lowest BCUT2D eigenvalue weighted by molar-refractivity contribution is 0.0696. The number of nitrogens with zero attached hydrogens (tertiary/aromatic N) is 2. The number of likely N-dealkylation sites (N-methyl/N-ethyl adjacent to an activating group) is 1. The predicted octanol–water partition coefficient (Wildman–Crippen LogP) is 5.42. The predicted molar refractivity (Wildman–Crippen MR) is 113 cm³/mol. The van der Waals surface area contributed by atoms with Gasteiger partial charge >= 0.3 is 5.97 Å². The van der Waals surface area contributed by atoms with E-state index in [0.29, 0.717) is 25.0 Å². The third-order valence-corrected chi connectivity index (χ3v) is 4.63. The second kappa shape index (κ2) is 10.1. The molecule has 152 valence electrons. The van der Waals surface area contributed by atoms with Gasteiger partial charge in [-0.2, -0.15) is 0 Å². The first-order chi connectivity index (χ1) is 13.3. The number of rotatable bonds is 8. The second-order valence-corrected chi connectivity index (χ2v) is 7.71. The van der Waals surface area contributed by atoms with E-state index in [2.05, 4.69) is 62.7 Å². The van der Waals surface area contributed by atoms with Crippen LogP contribution in [-0.4, -0.2) is 29.2 Å². The van der Waals surface area contributed by atoms with Crippen molar-refractivity contribution < 1.29 is 14.6 Å². The van der Waals surface area contributed by atoms with Crippen molar-refractivity contribution in [1.29, 1.82) is 0 Å². The number of aromatic nitrogens is 1. The number of carboxylic acids is 1. The Morgan fingerprint density at radius 3 is 2.57 bits per heavy atom. The van der Waals surface area contributed by atoms with Gasteiger partial charge in [0.05, 0.1) is 12.2 Å². The quantitative estimate of drug-likeness (QED) is 0.648. The fourth-order valence-electron chi connectivity index (χ4n) is 3.12. The van der Waals surface area contributed by atoms with Crippen LogP contribution < -0.4 is 4.90 Å². The largest absolute Gasteiger partial charge is 0.493 e. The second-order valence-electron chi connectivity index (χ2n) is 7.71. The molecule has 1 heterocycles. The maximum Gasteiger partial charge on any atom is 0.337 e. The van der Waals surface area contributed by atoms with E-state index >= 15 is 0 Å². The first-order valence-corrected chi connectivity index (χ1v) is 10.0. The monoisotopic (exact) mass is 384 g/mol. The van der Waals surface area contributed by atoms with Gasteiger partial charge in [-0.1, -0.05) is 33.8 Å². The van der Waals surface area contributed by atoms with E-state index < -0.39 is 5.97 Å². The summed E-state index contributed by atoms with van der Waals surface area (Å²) in [5.74, 6) is 1.56. The maximum atomic E-state index is 11.1. The molecule has 0 amide bonds. The number of carbonyl (C=O) groups is 1. The number of carboxylic acid groups (broad SMARTS) is 1. The zero-order chi connectivity index (χ0) is 20.7. The average Bonchev–Trinajstić information content (AvgIpc) is 2.63. The van der Waals surface area contributed by atoms with Gasteiger partial charge in [0.25, 0.3) is 0 Å². The van der Waals surface area contributed by atoms with Crippen molar-refractivity contribution in [1.82, 2.24) is 4.98 Å². The molecular formula is C23H32N2O3. The van der Waals surface area contributed by atoms with Gasteiger partial charge < -0.3 is 14.7 Å². The SMILES string of the molecule is CCN(C1=C/C(OCC(C)C)=C(/C(C)C)CCC=C1)c1ccc(C(=O)O)cn1. The fraction of sp³-hybridized carbons (Fsp3) is 0.478. The molecule has 5 nitrogen and oxygen atoms in total. The molecule has 0 unspecified atom stereocenters. The summed E-state index contributed by atoms with van der Waals surface area (Å²) in [5, 5.41) is 9.11. The van der Waals surface area contributed by atoms with Crippen molar-refractivity contribution in [2.75, 3.05) is 18.1 Å². The molecule has 0 saturated heterocycles. The van der Waals surface area contributed by atoms with E-state index in [4.69, 9.17) is 9.84 Å². The number of pyridine rings is 1. The van der Waals surface area contributed by atoms with Crippen molar-refractivity contribution in [2.45, 2.75) is 47.5 Å². The van der Waals surface area contributed by atoms with Crippen LogP contribution in [0.15, 0.2) is 53.6 Å². The van der Waals surface area contributed by atoms with Gasteiger partial charge in [0.1, 0.15) is 11.6 Å². The Bertz CT molecular complexity index is 759. The molecule has 0 bridgehead atoms. The van der Waals surface area contributed by atoms with Gasteiger partial charge in [-0.3, -0.25) is 0 Å². The summed E-state index contributed by atoms with van der Waals surface area (Å²) < 4.78 is 6.21. The number of allylic oxidation sites excluding steroid dienone is 4. The Labute approximate surface area is 168 Å². The normalized spacial score (nSPS) is 17.3. The van der Waals surface area contributed by atoms with Gasteiger partial charge in [-0.05, 0) is 55.4 Å². The molecule has 5 heteroatoms. The zero-order valence-corrected chi connectivity index (χ0v) is 17.6. The molecule has 0 aliphatic heterocycles. The van der Waals surface area contributed by atoms with E-state index in [9.17, 15) is 4.79 Å². The summed E-state index contributed by atoms with van der Waals surface area (Å²) in [6.07, 6.45) is 9.74. The molecule has 0 fully saturated rings. The zero-order valence-electron chi connectivity index (χ0n) is 17.6. The fourth-order valence-corrected chi connectivity index (χ4v) is 3.12. The molecule has 1 N–H and O–H groups in total. The summed E-state index contributed by atoms with van der Waals surface area (Å²) in [6, 6.07) is 3.34. The van der Waals surface area contributed by atoms with Crippen LogP contribution in [0.5, 0.6) is 0 Å². The van der Waals surface area contributed by atoms with Gasteiger partial charge in [0.15, 0.2) is 0 Å². The molecule has 1 aliphatic rings. The standard InChI is InChI=1S/C23H32N2O3/c1-6-25(22-12-11-18(14-24-22)23(26)27)19-9-7-8-10-20(17(4)5)21(13-19)28-15-16(2)3/h7,9,11-14,16-17H,6,8,10,15H2,1-5H3,(H,26,27)/b9-7?,19-13?,21-20-. The molecule has 1 aliphatic carbocycles. The summed E-state index contributed by atoms with van der Waals surface area (Å²) in [6.45, 7) is 12.2. The van der Waals surface area contributed by atoms with Crippen molar-refractivity contribution in [3.05, 3.63) is 59.2 Å². The third kappa shape index (κ3) is 5.72. The van der Waals surface area contributed by atoms with Crippen LogP contribution in [0.25, 0.3) is 0 Å². The first kappa shape index (κ1) is 21.7. The van der Waals surface area contributed by atoms with E-state index in [0.717, 1.165) is 30.1 Å². The number of aromatic carboxylic acids is 1. The van der Waals surface area contributed by atoms with Crippen LogP contribution in [0.2, 0.25) is 0 Å². The number of anilines is 1. The molecule has 0 radical (unpaired) electrons. The highest BCUT2D eigenvalue weighted by molar-refractivity contribution is 5.87. The highest BCUT2D eigenvalue weighted by Crippen LogP contribution is 2.28. The van der Waals surface area contributed by atoms with Crippen molar-refractivity contribution in [3.63, 3.8) is 0 Å². The number of hydrogen-bond donors (Lipinski definition) is 1.